The van der Waals surface area contributed by atoms with E-state index in [-0.39, 0.29) is 10.8 Å². The molecule has 0 bridgehead atoms. The number of benzene rings is 2. The van der Waals surface area contributed by atoms with Gasteiger partial charge in [-0.15, -0.1) is 0 Å². The monoisotopic (exact) mass is 400 g/mol. The quantitative estimate of drug-likeness (QED) is 0.835. The zero-order valence-corrected chi connectivity index (χ0v) is 17.7. The fourth-order valence-electron chi connectivity index (χ4n) is 3.75. The molecule has 1 fully saturated rings. The van der Waals surface area contributed by atoms with Gasteiger partial charge in [0.05, 0.1) is 4.90 Å². The third kappa shape index (κ3) is 4.45. The Bertz CT molecular complexity index is 958. The Morgan fingerprint density at radius 3 is 2.14 bits per heavy atom. The average molecular weight is 401 g/mol. The number of hydrogen-bond donors (Lipinski definition) is 1. The lowest BCUT2D eigenvalue weighted by molar-refractivity contribution is 0.102. The second-order valence-electron chi connectivity index (χ2n) is 8.05. The Labute approximate surface area is 167 Å². The summed E-state index contributed by atoms with van der Waals surface area (Å²) in [5.74, 6) is 0.440. The molecule has 2 atom stereocenters. The highest BCUT2D eigenvalue weighted by molar-refractivity contribution is 7.89. The third-order valence-corrected chi connectivity index (χ3v) is 7.20. The van der Waals surface area contributed by atoms with E-state index in [4.69, 9.17) is 0 Å². The molecule has 28 heavy (non-hydrogen) atoms. The number of amides is 1. The highest BCUT2D eigenvalue weighted by atomic mass is 32.2. The maximum atomic E-state index is 12.9. The predicted molar refractivity (Wildman–Crippen MR) is 112 cm³/mol. The van der Waals surface area contributed by atoms with E-state index in [1.807, 2.05) is 32.0 Å². The number of sulfonamides is 1. The van der Waals surface area contributed by atoms with Crippen LogP contribution in [0.25, 0.3) is 0 Å². The highest BCUT2D eigenvalue weighted by Gasteiger charge is 2.31. The SMILES string of the molecule is Cc1ccc(NC(=O)c2ccc(S(=O)(=O)N3CC(C)CC(C)C3)cc2)cc1C. The van der Waals surface area contributed by atoms with E-state index in [1.54, 1.807) is 16.4 Å². The third-order valence-electron chi connectivity index (χ3n) is 5.35. The number of carbonyl (C=O) groups excluding carboxylic acids is 1. The van der Waals surface area contributed by atoms with Gasteiger partial charge in [0.1, 0.15) is 0 Å². The molecule has 3 rings (SSSR count). The van der Waals surface area contributed by atoms with E-state index in [9.17, 15) is 13.2 Å². The van der Waals surface area contributed by atoms with Gasteiger partial charge in [-0.25, -0.2) is 8.42 Å². The number of anilines is 1. The molecule has 1 aliphatic rings. The Morgan fingerprint density at radius 1 is 0.964 bits per heavy atom. The van der Waals surface area contributed by atoms with Crippen LogP contribution in [0.5, 0.6) is 0 Å². The first-order valence-electron chi connectivity index (χ1n) is 9.65. The van der Waals surface area contributed by atoms with Crippen LogP contribution in [0.4, 0.5) is 5.69 Å². The maximum absolute atomic E-state index is 12.9. The summed E-state index contributed by atoms with van der Waals surface area (Å²) in [4.78, 5) is 12.7. The van der Waals surface area contributed by atoms with Crippen molar-refractivity contribution in [1.82, 2.24) is 4.31 Å². The molecule has 0 saturated carbocycles. The van der Waals surface area contributed by atoms with Gasteiger partial charge < -0.3 is 5.32 Å². The van der Waals surface area contributed by atoms with Gasteiger partial charge in [0.15, 0.2) is 0 Å². The van der Waals surface area contributed by atoms with Crippen LogP contribution >= 0.6 is 0 Å². The highest BCUT2D eigenvalue weighted by Crippen LogP contribution is 2.27. The predicted octanol–water partition coefficient (Wildman–Crippen LogP) is 4.22. The van der Waals surface area contributed by atoms with Crippen LogP contribution in [0, 0.1) is 25.7 Å². The van der Waals surface area contributed by atoms with Gasteiger partial charge in [0, 0.05) is 24.3 Å². The zero-order valence-electron chi connectivity index (χ0n) is 16.9. The van der Waals surface area contributed by atoms with Crippen LogP contribution in [0.1, 0.15) is 41.8 Å². The molecular weight excluding hydrogens is 372 g/mol. The number of carbonyl (C=O) groups is 1. The van der Waals surface area contributed by atoms with E-state index in [1.165, 1.54) is 12.1 Å². The van der Waals surface area contributed by atoms with Crippen molar-refractivity contribution in [3.63, 3.8) is 0 Å². The van der Waals surface area contributed by atoms with Gasteiger partial charge in [-0.3, -0.25) is 4.79 Å². The minimum Gasteiger partial charge on any atom is -0.322 e. The Balaban J connectivity index is 1.75. The molecule has 0 spiro atoms. The summed E-state index contributed by atoms with van der Waals surface area (Å²) < 4.78 is 27.5. The number of nitrogens with one attached hydrogen (secondary N) is 1. The standard InChI is InChI=1S/C22H28N2O3S/c1-15-11-16(2)14-24(13-15)28(26,27)21-9-6-19(7-10-21)22(25)23-20-8-5-17(3)18(4)12-20/h5-10,12,15-16H,11,13-14H2,1-4H3,(H,23,25). The fraction of sp³-hybridized carbons (Fsp3) is 0.409. The summed E-state index contributed by atoms with van der Waals surface area (Å²) in [6.07, 6.45) is 1.05. The summed E-state index contributed by atoms with van der Waals surface area (Å²) in [5.41, 5.74) is 3.41. The molecule has 0 aliphatic carbocycles. The van der Waals surface area contributed by atoms with Crippen molar-refractivity contribution in [2.24, 2.45) is 11.8 Å². The number of aryl methyl sites for hydroxylation is 2. The van der Waals surface area contributed by atoms with Gasteiger partial charge in [-0.2, -0.15) is 4.31 Å². The first-order chi connectivity index (χ1) is 13.2. The molecule has 6 heteroatoms. The lowest BCUT2D eigenvalue weighted by atomic mass is 9.94. The Morgan fingerprint density at radius 2 is 1.57 bits per heavy atom. The molecule has 0 radical (unpaired) electrons. The molecule has 150 valence electrons. The zero-order chi connectivity index (χ0) is 20.5. The Kier molecular flexibility index (Phi) is 5.91. The van der Waals surface area contributed by atoms with Crippen molar-refractivity contribution >= 4 is 21.6 Å². The molecule has 1 amide bonds. The van der Waals surface area contributed by atoms with Crippen LogP contribution in [-0.2, 0) is 10.0 Å². The number of rotatable bonds is 4. The molecule has 5 nitrogen and oxygen atoms in total. The van der Waals surface area contributed by atoms with Crippen molar-refractivity contribution < 1.29 is 13.2 Å². The average Bonchev–Trinajstić information content (AvgIpc) is 2.64. The first kappa shape index (κ1) is 20.6. The van der Waals surface area contributed by atoms with Crippen LogP contribution in [-0.4, -0.2) is 31.7 Å². The minimum atomic E-state index is -3.54. The largest absolute Gasteiger partial charge is 0.322 e. The van der Waals surface area contributed by atoms with Crippen LogP contribution < -0.4 is 5.32 Å². The van der Waals surface area contributed by atoms with Crippen LogP contribution in [0.2, 0.25) is 0 Å². The molecule has 1 heterocycles. The van der Waals surface area contributed by atoms with Crippen molar-refractivity contribution in [2.75, 3.05) is 18.4 Å². The van der Waals surface area contributed by atoms with Gasteiger partial charge in [0.25, 0.3) is 5.91 Å². The molecular formula is C22H28N2O3S. The van der Waals surface area contributed by atoms with E-state index >= 15 is 0 Å². The summed E-state index contributed by atoms with van der Waals surface area (Å²) >= 11 is 0. The molecule has 1 aliphatic heterocycles. The van der Waals surface area contributed by atoms with E-state index in [2.05, 4.69) is 19.2 Å². The molecule has 0 aromatic heterocycles. The lowest BCUT2D eigenvalue weighted by Gasteiger charge is -2.34. The molecule has 1 N–H and O–H groups in total. The van der Waals surface area contributed by atoms with E-state index in [0.717, 1.165) is 23.2 Å². The summed E-state index contributed by atoms with van der Waals surface area (Å²) in [7, 11) is -3.54. The van der Waals surface area contributed by atoms with Gasteiger partial charge >= 0.3 is 0 Å². The second kappa shape index (κ2) is 8.05. The summed E-state index contributed by atoms with van der Waals surface area (Å²) in [6, 6.07) is 11.9. The van der Waals surface area contributed by atoms with Gasteiger partial charge in [-0.05, 0) is 79.6 Å². The smallest absolute Gasteiger partial charge is 0.255 e. The maximum Gasteiger partial charge on any atom is 0.255 e. The van der Waals surface area contributed by atoms with Crippen LogP contribution in [0.3, 0.4) is 0 Å². The fourth-order valence-corrected chi connectivity index (χ4v) is 5.43. The van der Waals surface area contributed by atoms with Crippen LogP contribution in [0.15, 0.2) is 47.4 Å². The summed E-state index contributed by atoms with van der Waals surface area (Å²) in [5, 5.41) is 2.86. The number of hydrogen-bond acceptors (Lipinski definition) is 3. The van der Waals surface area contributed by atoms with E-state index in [0.29, 0.717) is 30.5 Å². The van der Waals surface area contributed by atoms with E-state index < -0.39 is 10.0 Å². The lowest BCUT2D eigenvalue weighted by Crippen LogP contribution is -2.42. The molecule has 2 aromatic rings. The minimum absolute atomic E-state index is 0.233. The van der Waals surface area contributed by atoms with Gasteiger partial charge in [-0.1, -0.05) is 19.9 Å². The number of nitrogens with zero attached hydrogens (tertiary/aromatic N) is 1. The molecule has 1 saturated heterocycles. The van der Waals surface area contributed by atoms with Crippen molar-refractivity contribution in [3.05, 3.63) is 59.2 Å². The first-order valence-corrected chi connectivity index (χ1v) is 11.1. The summed E-state index contributed by atoms with van der Waals surface area (Å²) in [6.45, 7) is 9.26. The molecule has 2 aromatic carbocycles. The van der Waals surface area contributed by atoms with Crippen molar-refractivity contribution in [2.45, 2.75) is 39.0 Å². The molecule has 2 unspecified atom stereocenters. The topological polar surface area (TPSA) is 66.5 Å². The Hall–Kier alpha value is -2.18. The normalized spacial score (nSPS) is 20.7. The number of piperidine rings is 1. The second-order valence-corrected chi connectivity index (χ2v) is 9.98. The van der Waals surface area contributed by atoms with Gasteiger partial charge in [0.2, 0.25) is 10.0 Å². The van der Waals surface area contributed by atoms with Crippen molar-refractivity contribution in [3.8, 4) is 0 Å². The van der Waals surface area contributed by atoms with Crippen molar-refractivity contribution in [1.29, 1.82) is 0 Å².